The van der Waals surface area contributed by atoms with Crippen LogP contribution >= 0.6 is 0 Å². The van der Waals surface area contributed by atoms with Crippen molar-refractivity contribution >= 4 is 12.0 Å². The molecule has 2 fully saturated rings. The second-order valence-corrected chi connectivity index (χ2v) is 7.96. The molecule has 1 N–H and O–H groups in total. The third kappa shape index (κ3) is 4.74. The van der Waals surface area contributed by atoms with E-state index in [-0.39, 0.29) is 17.9 Å². The van der Waals surface area contributed by atoms with E-state index < -0.39 is 5.60 Å². The number of amides is 2. The first kappa shape index (κ1) is 17.8. The first-order chi connectivity index (χ1) is 11.8. The summed E-state index contributed by atoms with van der Waals surface area (Å²) in [4.78, 5) is 30.3. The summed E-state index contributed by atoms with van der Waals surface area (Å²) in [5, 5.41) is 2.93. The molecule has 0 aromatic carbocycles. The Hall–Kier alpha value is -2.05. The molecule has 7 nitrogen and oxygen atoms in total. The molecule has 0 bridgehead atoms. The number of nitrogens with zero attached hydrogens (tertiary/aromatic N) is 2. The van der Waals surface area contributed by atoms with E-state index in [1.165, 1.54) is 19.2 Å². The zero-order chi connectivity index (χ0) is 18.0. The molecule has 2 aliphatic rings. The first-order valence-corrected chi connectivity index (χ1v) is 9.03. The lowest BCUT2D eigenvalue weighted by atomic mass is 9.93. The van der Waals surface area contributed by atoms with Crippen LogP contribution in [0.4, 0.5) is 4.79 Å². The first-order valence-electron chi connectivity index (χ1n) is 9.03. The monoisotopic (exact) mass is 349 g/mol. The van der Waals surface area contributed by atoms with Crippen molar-refractivity contribution in [3.63, 3.8) is 0 Å². The maximum Gasteiger partial charge on any atom is 0.410 e. The molecule has 1 saturated carbocycles. The van der Waals surface area contributed by atoms with Gasteiger partial charge >= 0.3 is 6.09 Å². The topological polar surface area (TPSA) is 84.7 Å². The number of ether oxygens (including phenoxy) is 1. The molecule has 0 unspecified atom stereocenters. The average Bonchev–Trinajstić information content (AvgIpc) is 3.25. The van der Waals surface area contributed by atoms with Crippen LogP contribution in [0, 0.1) is 5.92 Å². The van der Waals surface area contributed by atoms with Crippen molar-refractivity contribution in [2.24, 2.45) is 5.92 Å². The Labute approximate surface area is 148 Å². The van der Waals surface area contributed by atoms with Gasteiger partial charge in [0.1, 0.15) is 11.4 Å². The quantitative estimate of drug-likeness (QED) is 0.903. The van der Waals surface area contributed by atoms with Crippen LogP contribution in [0.1, 0.15) is 68.6 Å². The van der Waals surface area contributed by atoms with Crippen LogP contribution in [-0.2, 0) is 4.74 Å². The number of oxazole rings is 1. The smallest absolute Gasteiger partial charge is 0.410 e. The molecule has 1 saturated heterocycles. The van der Waals surface area contributed by atoms with E-state index in [0.717, 1.165) is 12.8 Å². The van der Waals surface area contributed by atoms with E-state index in [1.54, 1.807) is 4.90 Å². The van der Waals surface area contributed by atoms with Crippen molar-refractivity contribution in [1.29, 1.82) is 0 Å². The summed E-state index contributed by atoms with van der Waals surface area (Å²) in [6.07, 6.45) is 4.89. The molecule has 1 aliphatic heterocycles. The highest BCUT2D eigenvalue weighted by atomic mass is 16.6. The minimum atomic E-state index is -0.494. The third-order valence-corrected chi connectivity index (χ3v) is 4.58. The molecular formula is C18H27N3O4. The Morgan fingerprint density at radius 3 is 2.56 bits per heavy atom. The maximum atomic E-state index is 12.3. The van der Waals surface area contributed by atoms with Crippen molar-refractivity contribution in [2.45, 2.75) is 58.0 Å². The Bertz CT molecular complexity index is 623. The van der Waals surface area contributed by atoms with Crippen LogP contribution < -0.4 is 5.32 Å². The molecule has 0 radical (unpaired) electrons. The molecule has 25 heavy (non-hydrogen) atoms. The summed E-state index contributed by atoms with van der Waals surface area (Å²) < 4.78 is 10.9. The number of carbonyl (C=O) groups is 2. The fraction of sp³-hybridized carbons (Fsp3) is 0.722. The molecule has 0 spiro atoms. The summed E-state index contributed by atoms with van der Waals surface area (Å²) >= 11 is 0. The van der Waals surface area contributed by atoms with E-state index in [2.05, 4.69) is 10.3 Å². The van der Waals surface area contributed by atoms with E-state index in [9.17, 15) is 9.59 Å². The molecule has 1 aliphatic carbocycles. The van der Waals surface area contributed by atoms with Crippen LogP contribution in [0.25, 0.3) is 0 Å². The number of likely N-dealkylation sites (tertiary alicyclic amines) is 1. The van der Waals surface area contributed by atoms with Gasteiger partial charge < -0.3 is 19.4 Å². The highest BCUT2D eigenvalue weighted by Crippen LogP contribution is 2.31. The van der Waals surface area contributed by atoms with Crippen LogP contribution in [-0.4, -0.2) is 47.1 Å². The number of carbonyl (C=O) groups excluding carboxylic acids is 2. The summed E-state index contributed by atoms with van der Waals surface area (Å²) in [7, 11) is 0. The van der Waals surface area contributed by atoms with Crippen molar-refractivity contribution in [3.05, 3.63) is 17.8 Å². The Balaban J connectivity index is 1.55. The van der Waals surface area contributed by atoms with Gasteiger partial charge in [-0.05, 0) is 52.4 Å². The second-order valence-electron chi connectivity index (χ2n) is 7.96. The number of piperidine rings is 1. The standard InChI is InChI=1S/C18H27N3O4/c1-18(2,3)25-17(23)21-8-6-13(7-9-21)15-14(20-11-24-15)16(22)19-10-12-4-5-12/h11-13H,4-10H2,1-3H3,(H,19,22). The lowest BCUT2D eigenvalue weighted by molar-refractivity contribution is 0.0200. The lowest BCUT2D eigenvalue weighted by Crippen LogP contribution is -2.41. The van der Waals surface area contributed by atoms with Gasteiger partial charge in [-0.25, -0.2) is 9.78 Å². The van der Waals surface area contributed by atoms with Gasteiger partial charge in [0.25, 0.3) is 5.91 Å². The fourth-order valence-electron chi connectivity index (χ4n) is 3.01. The van der Waals surface area contributed by atoms with E-state index in [1.807, 2.05) is 20.8 Å². The highest BCUT2D eigenvalue weighted by Gasteiger charge is 2.32. The number of nitrogens with one attached hydrogen (secondary N) is 1. The maximum absolute atomic E-state index is 12.3. The zero-order valence-electron chi connectivity index (χ0n) is 15.2. The number of rotatable bonds is 4. The normalized spacial score (nSPS) is 18.9. The third-order valence-electron chi connectivity index (χ3n) is 4.58. The van der Waals surface area contributed by atoms with Gasteiger partial charge in [0, 0.05) is 25.6 Å². The molecule has 3 rings (SSSR count). The summed E-state index contributed by atoms with van der Waals surface area (Å²) in [6, 6.07) is 0. The zero-order valence-corrected chi connectivity index (χ0v) is 15.2. The number of aromatic nitrogens is 1. The fourth-order valence-corrected chi connectivity index (χ4v) is 3.01. The van der Waals surface area contributed by atoms with Gasteiger partial charge in [-0.15, -0.1) is 0 Å². The van der Waals surface area contributed by atoms with Crippen LogP contribution in [0.3, 0.4) is 0 Å². The summed E-state index contributed by atoms with van der Waals surface area (Å²) in [6.45, 7) is 7.46. The predicted molar refractivity (Wildman–Crippen MR) is 91.3 cm³/mol. The summed E-state index contributed by atoms with van der Waals surface area (Å²) in [5.74, 6) is 1.20. The average molecular weight is 349 g/mol. The summed E-state index contributed by atoms with van der Waals surface area (Å²) in [5.41, 5.74) is -0.109. The molecular weight excluding hydrogens is 322 g/mol. The molecule has 1 aromatic heterocycles. The van der Waals surface area contributed by atoms with Gasteiger partial charge in [-0.2, -0.15) is 0 Å². The highest BCUT2D eigenvalue weighted by molar-refractivity contribution is 5.93. The SMILES string of the molecule is CC(C)(C)OC(=O)N1CCC(c2ocnc2C(=O)NCC2CC2)CC1. The van der Waals surface area contributed by atoms with Gasteiger partial charge in [-0.3, -0.25) is 4.79 Å². The molecule has 1 aromatic rings. The van der Waals surface area contributed by atoms with Crippen LogP contribution in [0.15, 0.2) is 10.8 Å². The van der Waals surface area contributed by atoms with Gasteiger partial charge in [0.15, 0.2) is 12.1 Å². The van der Waals surface area contributed by atoms with Gasteiger partial charge in [-0.1, -0.05) is 0 Å². The van der Waals surface area contributed by atoms with E-state index >= 15 is 0 Å². The predicted octanol–water partition coefficient (Wildman–Crippen LogP) is 2.93. The van der Waals surface area contributed by atoms with E-state index in [0.29, 0.717) is 37.0 Å². The molecule has 138 valence electrons. The number of hydrogen-bond donors (Lipinski definition) is 1. The minimum Gasteiger partial charge on any atom is -0.447 e. The van der Waals surface area contributed by atoms with Crippen molar-refractivity contribution in [2.75, 3.05) is 19.6 Å². The van der Waals surface area contributed by atoms with Gasteiger partial charge in [0.05, 0.1) is 0 Å². The van der Waals surface area contributed by atoms with E-state index in [4.69, 9.17) is 9.15 Å². The van der Waals surface area contributed by atoms with Crippen molar-refractivity contribution in [3.8, 4) is 0 Å². The molecule has 7 heteroatoms. The Morgan fingerprint density at radius 2 is 1.96 bits per heavy atom. The molecule has 2 heterocycles. The Kier molecular flexibility index (Phi) is 5.01. The number of hydrogen-bond acceptors (Lipinski definition) is 5. The van der Waals surface area contributed by atoms with Crippen LogP contribution in [0.2, 0.25) is 0 Å². The van der Waals surface area contributed by atoms with Crippen molar-refractivity contribution < 1.29 is 18.7 Å². The lowest BCUT2D eigenvalue weighted by Gasteiger charge is -2.32. The van der Waals surface area contributed by atoms with Gasteiger partial charge in [0.2, 0.25) is 0 Å². The van der Waals surface area contributed by atoms with Crippen molar-refractivity contribution in [1.82, 2.24) is 15.2 Å². The Morgan fingerprint density at radius 1 is 1.28 bits per heavy atom. The second kappa shape index (κ2) is 7.06. The molecule has 2 amide bonds. The van der Waals surface area contributed by atoms with Crippen LogP contribution in [0.5, 0.6) is 0 Å². The minimum absolute atomic E-state index is 0.0999. The molecule has 0 atom stereocenters. The largest absolute Gasteiger partial charge is 0.447 e.